The third kappa shape index (κ3) is 1.62. The van der Waals surface area contributed by atoms with Gasteiger partial charge in [0, 0.05) is 17.3 Å². The van der Waals surface area contributed by atoms with Crippen molar-refractivity contribution in [3.63, 3.8) is 0 Å². The Hall–Kier alpha value is -0.660. The van der Waals surface area contributed by atoms with Crippen molar-refractivity contribution in [2.45, 2.75) is 78.6 Å². The topological polar surface area (TPSA) is 34.1 Å². The SMILES string of the molecule is C[C@]12CC[C@H]3[C@](CC[C@@H]4[C@]3(C)CCC[C@@]4(C)C=O)(CC1=O)C2. The van der Waals surface area contributed by atoms with Crippen LogP contribution in [0.4, 0.5) is 0 Å². The van der Waals surface area contributed by atoms with Gasteiger partial charge >= 0.3 is 0 Å². The van der Waals surface area contributed by atoms with Crippen LogP contribution in [0.2, 0.25) is 0 Å². The van der Waals surface area contributed by atoms with Crippen LogP contribution < -0.4 is 0 Å². The maximum Gasteiger partial charge on any atom is 0.139 e. The first-order chi connectivity index (χ1) is 10.3. The average Bonchev–Trinajstić information content (AvgIpc) is 2.64. The molecule has 4 rings (SSSR count). The Morgan fingerprint density at radius 3 is 2.45 bits per heavy atom. The molecule has 0 saturated heterocycles. The Balaban J connectivity index is 1.75. The highest BCUT2D eigenvalue weighted by Crippen LogP contribution is 2.72. The van der Waals surface area contributed by atoms with E-state index in [9.17, 15) is 9.59 Å². The zero-order valence-corrected chi connectivity index (χ0v) is 14.4. The minimum Gasteiger partial charge on any atom is -0.303 e. The highest BCUT2D eigenvalue weighted by molar-refractivity contribution is 5.88. The number of rotatable bonds is 1. The smallest absolute Gasteiger partial charge is 0.139 e. The molecule has 0 amide bonds. The Morgan fingerprint density at radius 2 is 1.73 bits per heavy atom. The summed E-state index contributed by atoms with van der Waals surface area (Å²) in [5, 5.41) is 0. The third-order valence-corrected chi connectivity index (χ3v) is 8.67. The molecule has 1 spiro atoms. The maximum atomic E-state index is 12.6. The number of carbonyl (C=O) groups excluding carboxylic acids is 2. The Morgan fingerprint density at radius 1 is 1.00 bits per heavy atom. The molecule has 122 valence electrons. The lowest BCUT2D eigenvalue weighted by Gasteiger charge is -2.63. The standard InChI is InChI=1S/C20H30O2/c1-17-9-5-15-19(3)8-4-7-18(2,13-21)14(19)6-10-20(15,12-17)11-16(17)22/h13-15H,4-12H2,1-3H3/t14-,15+,17+,18-,19-,20+/m0/s1. The highest BCUT2D eigenvalue weighted by Gasteiger charge is 2.67. The lowest BCUT2D eigenvalue weighted by molar-refractivity contribution is -0.160. The van der Waals surface area contributed by atoms with Crippen LogP contribution in [-0.2, 0) is 9.59 Å². The second-order valence-electron chi connectivity index (χ2n) is 9.87. The van der Waals surface area contributed by atoms with Gasteiger partial charge in [-0.25, -0.2) is 0 Å². The van der Waals surface area contributed by atoms with Gasteiger partial charge < -0.3 is 4.79 Å². The molecule has 0 aromatic rings. The number of aldehydes is 1. The van der Waals surface area contributed by atoms with E-state index in [0.29, 0.717) is 17.6 Å². The van der Waals surface area contributed by atoms with Gasteiger partial charge in [0.05, 0.1) is 0 Å². The third-order valence-electron chi connectivity index (χ3n) is 8.67. The summed E-state index contributed by atoms with van der Waals surface area (Å²) < 4.78 is 0. The molecular formula is C20H30O2. The van der Waals surface area contributed by atoms with Crippen molar-refractivity contribution in [1.29, 1.82) is 0 Å². The first-order valence-electron chi connectivity index (χ1n) is 9.28. The molecule has 22 heavy (non-hydrogen) atoms. The fourth-order valence-electron chi connectivity index (χ4n) is 7.70. The van der Waals surface area contributed by atoms with E-state index in [1.807, 2.05) is 0 Å². The highest BCUT2D eigenvalue weighted by atomic mass is 16.1. The fourth-order valence-corrected chi connectivity index (χ4v) is 7.70. The predicted octanol–water partition coefficient (Wildman–Crippen LogP) is 4.56. The lowest BCUT2D eigenvalue weighted by atomic mass is 9.40. The number of hydrogen-bond donors (Lipinski definition) is 0. The van der Waals surface area contributed by atoms with Crippen molar-refractivity contribution in [2.24, 2.45) is 33.5 Å². The summed E-state index contributed by atoms with van der Waals surface area (Å²) in [6.45, 7) is 6.88. The van der Waals surface area contributed by atoms with Gasteiger partial charge in [0.1, 0.15) is 12.1 Å². The molecule has 2 nitrogen and oxygen atoms in total. The fraction of sp³-hybridized carbons (Fsp3) is 0.900. The number of Topliss-reactive ketones (excluding diaryl/α,β-unsaturated/α-hetero) is 1. The molecule has 4 aliphatic carbocycles. The van der Waals surface area contributed by atoms with Gasteiger partial charge in [-0.15, -0.1) is 0 Å². The van der Waals surface area contributed by atoms with Gasteiger partial charge in [0.15, 0.2) is 0 Å². The van der Waals surface area contributed by atoms with E-state index in [2.05, 4.69) is 20.8 Å². The average molecular weight is 302 g/mol. The molecule has 0 radical (unpaired) electrons. The van der Waals surface area contributed by atoms with E-state index in [4.69, 9.17) is 0 Å². The van der Waals surface area contributed by atoms with Gasteiger partial charge in [-0.1, -0.05) is 27.2 Å². The number of carbonyl (C=O) groups is 2. The summed E-state index contributed by atoms with van der Waals surface area (Å²) >= 11 is 0. The molecule has 0 aromatic heterocycles. The Labute approximate surface area is 134 Å². The minimum atomic E-state index is -0.127. The van der Waals surface area contributed by atoms with Crippen LogP contribution >= 0.6 is 0 Å². The summed E-state index contributed by atoms with van der Waals surface area (Å²) in [5.74, 6) is 1.73. The molecule has 0 aromatic carbocycles. The maximum absolute atomic E-state index is 12.6. The summed E-state index contributed by atoms with van der Waals surface area (Å²) in [6, 6.07) is 0. The molecule has 6 atom stereocenters. The number of ketones is 1. The predicted molar refractivity (Wildman–Crippen MR) is 86.4 cm³/mol. The molecule has 4 fully saturated rings. The Bertz CT molecular complexity index is 540. The van der Waals surface area contributed by atoms with Crippen molar-refractivity contribution >= 4 is 12.1 Å². The molecule has 2 heteroatoms. The van der Waals surface area contributed by atoms with E-state index in [1.165, 1.54) is 32.0 Å². The van der Waals surface area contributed by atoms with Gasteiger partial charge in [-0.05, 0) is 67.6 Å². The van der Waals surface area contributed by atoms with Gasteiger partial charge in [-0.3, -0.25) is 4.79 Å². The first kappa shape index (κ1) is 14.9. The normalized spacial score (nSPS) is 57.1. The van der Waals surface area contributed by atoms with Crippen LogP contribution in [0.1, 0.15) is 78.6 Å². The molecule has 4 aliphatic rings. The van der Waals surface area contributed by atoms with Crippen molar-refractivity contribution in [3.8, 4) is 0 Å². The van der Waals surface area contributed by atoms with Crippen molar-refractivity contribution < 1.29 is 9.59 Å². The second-order valence-corrected chi connectivity index (χ2v) is 9.87. The van der Waals surface area contributed by atoms with Crippen LogP contribution in [0.3, 0.4) is 0 Å². The Kier molecular flexibility index (Phi) is 2.87. The molecule has 0 unspecified atom stereocenters. The largest absolute Gasteiger partial charge is 0.303 e. The van der Waals surface area contributed by atoms with Crippen molar-refractivity contribution in [3.05, 3.63) is 0 Å². The van der Waals surface area contributed by atoms with Crippen LogP contribution in [0.15, 0.2) is 0 Å². The number of fused-ring (bicyclic) bond motifs is 3. The van der Waals surface area contributed by atoms with Crippen molar-refractivity contribution in [1.82, 2.24) is 0 Å². The molecule has 2 bridgehead atoms. The van der Waals surface area contributed by atoms with Crippen molar-refractivity contribution in [2.75, 3.05) is 0 Å². The van der Waals surface area contributed by atoms with E-state index < -0.39 is 0 Å². The molecular weight excluding hydrogens is 272 g/mol. The minimum absolute atomic E-state index is 0.0255. The van der Waals surface area contributed by atoms with Crippen LogP contribution in [0.25, 0.3) is 0 Å². The first-order valence-corrected chi connectivity index (χ1v) is 9.28. The van der Waals surface area contributed by atoms with Crippen LogP contribution in [0.5, 0.6) is 0 Å². The number of hydrogen-bond acceptors (Lipinski definition) is 2. The molecule has 4 saturated carbocycles. The zero-order valence-electron chi connectivity index (χ0n) is 14.4. The molecule has 0 heterocycles. The van der Waals surface area contributed by atoms with Gasteiger partial charge in [0.2, 0.25) is 0 Å². The van der Waals surface area contributed by atoms with E-state index in [0.717, 1.165) is 32.1 Å². The summed E-state index contributed by atoms with van der Waals surface area (Å²) in [5.41, 5.74) is 0.398. The molecule has 0 N–H and O–H groups in total. The van der Waals surface area contributed by atoms with Crippen LogP contribution in [0, 0.1) is 33.5 Å². The summed E-state index contributed by atoms with van der Waals surface area (Å²) in [4.78, 5) is 24.5. The van der Waals surface area contributed by atoms with E-state index in [1.54, 1.807) is 0 Å². The van der Waals surface area contributed by atoms with Gasteiger partial charge in [-0.2, -0.15) is 0 Å². The van der Waals surface area contributed by atoms with Gasteiger partial charge in [0.25, 0.3) is 0 Å². The van der Waals surface area contributed by atoms with E-state index in [-0.39, 0.29) is 21.7 Å². The monoisotopic (exact) mass is 302 g/mol. The summed E-state index contributed by atoms with van der Waals surface area (Å²) in [7, 11) is 0. The molecule has 0 aliphatic heterocycles. The second kappa shape index (κ2) is 4.24. The lowest BCUT2D eigenvalue weighted by Crippen LogP contribution is -2.57. The van der Waals surface area contributed by atoms with E-state index >= 15 is 0 Å². The quantitative estimate of drug-likeness (QED) is 0.666. The summed E-state index contributed by atoms with van der Waals surface area (Å²) in [6.07, 6.45) is 11.4. The van der Waals surface area contributed by atoms with Crippen LogP contribution in [-0.4, -0.2) is 12.1 Å². The zero-order chi connectivity index (χ0) is 15.8.